The minimum atomic E-state index is -0.393. The second-order valence-corrected chi connectivity index (χ2v) is 4.60. The van der Waals surface area contributed by atoms with Crippen LogP contribution in [0.25, 0.3) is 0 Å². The molecule has 4 nitrogen and oxygen atoms in total. The van der Waals surface area contributed by atoms with E-state index in [0.717, 1.165) is 4.47 Å². The Hall–Kier alpha value is -1.43. The molecule has 0 aliphatic carbocycles. The van der Waals surface area contributed by atoms with Crippen LogP contribution in [0.1, 0.15) is 12.0 Å². The van der Waals surface area contributed by atoms with Crippen molar-refractivity contribution in [3.8, 4) is 0 Å². The number of hydrogen-bond donors (Lipinski definition) is 2. The maximum absolute atomic E-state index is 13.4. The van der Waals surface area contributed by atoms with Crippen LogP contribution < -0.4 is 10.6 Å². The molecule has 0 aliphatic rings. The second kappa shape index (κ2) is 7.81. The predicted octanol–water partition coefficient (Wildman–Crippen LogP) is 1.38. The number of halogens is 2. The molecule has 1 aromatic carbocycles. The van der Waals surface area contributed by atoms with Gasteiger partial charge in [-0.1, -0.05) is 15.9 Å². The van der Waals surface area contributed by atoms with Crippen LogP contribution in [0.4, 0.5) is 4.39 Å². The van der Waals surface area contributed by atoms with Gasteiger partial charge in [-0.05, 0) is 30.2 Å². The van der Waals surface area contributed by atoms with Crippen molar-refractivity contribution in [2.75, 3.05) is 13.1 Å². The van der Waals surface area contributed by atoms with E-state index in [1.54, 1.807) is 12.1 Å². The third kappa shape index (κ3) is 5.27. The number of amides is 2. The summed E-state index contributed by atoms with van der Waals surface area (Å²) in [7, 11) is 0. The number of benzene rings is 1. The fourth-order valence-electron chi connectivity index (χ4n) is 1.39. The van der Waals surface area contributed by atoms with Crippen LogP contribution in [-0.2, 0) is 16.0 Å². The number of nitrogens with one attached hydrogen (secondary N) is 2. The van der Waals surface area contributed by atoms with Gasteiger partial charge < -0.3 is 10.6 Å². The van der Waals surface area contributed by atoms with E-state index >= 15 is 0 Å². The van der Waals surface area contributed by atoms with Crippen LogP contribution >= 0.6 is 15.9 Å². The van der Waals surface area contributed by atoms with Crippen molar-refractivity contribution < 1.29 is 14.0 Å². The Morgan fingerprint density at radius 1 is 1.39 bits per heavy atom. The van der Waals surface area contributed by atoms with Gasteiger partial charge in [0.15, 0.2) is 0 Å². The van der Waals surface area contributed by atoms with Gasteiger partial charge in [-0.15, -0.1) is 0 Å². The van der Waals surface area contributed by atoms with E-state index in [1.807, 2.05) is 0 Å². The summed E-state index contributed by atoms with van der Waals surface area (Å²) in [4.78, 5) is 21.5. The van der Waals surface area contributed by atoms with E-state index in [-0.39, 0.29) is 12.3 Å². The first-order valence-corrected chi connectivity index (χ1v) is 6.30. The number of carbonyl (C=O) groups excluding carboxylic acids is 2. The minimum Gasteiger partial charge on any atom is -0.359 e. The lowest BCUT2D eigenvalue weighted by Crippen LogP contribution is -2.28. The molecular formula is C12H14BrFN2O2. The van der Waals surface area contributed by atoms with Gasteiger partial charge in [-0.2, -0.15) is 0 Å². The third-order valence-electron chi connectivity index (χ3n) is 2.26. The molecule has 2 N–H and O–H groups in total. The average molecular weight is 317 g/mol. The van der Waals surface area contributed by atoms with Crippen LogP contribution in [0.15, 0.2) is 22.7 Å². The maximum atomic E-state index is 13.4. The summed E-state index contributed by atoms with van der Waals surface area (Å²) in [5.41, 5.74) is 0.355. The molecule has 0 aliphatic heterocycles. The van der Waals surface area contributed by atoms with E-state index < -0.39 is 5.82 Å². The first-order chi connectivity index (χ1) is 8.63. The van der Waals surface area contributed by atoms with Crippen LogP contribution in [0.5, 0.6) is 0 Å². The molecule has 18 heavy (non-hydrogen) atoms. The highest BCUT2D eigenvalue weighted by molar-refractivity contribution is 9.10. The van der Waals surface area contributed by atoms with Crippen LogP contribution in [0.3, 0.4) is 0 Å². The van der Waals surface area contributed by atoms with E-state index in [1.165, 1.54) is 6.07 Å². The van der Waals surface area contributed by atoms with Crippen LogP contribution in [-0.4, -0.2) is 25.4 Å². The summed E-state index contributed by atoms with van der Waals surface area (Å²) in [6, 6.07) is 4.49. The zero-order valence-corrected chi connectivity index (χ0v) is 11.3. The molecule has 0 saturated heterocycles. The third-order valence-corrected chi connectivity index (χ3v) is 2.76. The summed E-state index contributed by atoms with van der Waals surface area (Å²) in [5.74, 6) is -0.630. The predicted molar refractivity (Wildman–Crippen MR) is 69.5 cm³/mol. The molecule has 0 spiro atoms. The van der Waals surface area contributed by atoms with Gasteiger partial charge in [-0.3, -0.25) is 9.59 Å². The molecule has 0 saturated carbocycles. The zero-order chi connectivity index (χ0) is 13.4. The van der Waals surface area contributed by atoms with E-state index in [0.29, 0.717) is 31.5 Å². The van der Waals surface area contributed by atoms with Crippen molar-refractivity contribution in [1.82, 2.24) is 10.6 Å². The molecule has 0 fully saturated rings. The first kappa shape index (κ1) is 14.6. The lowest BCUT2D eigenvalue weighted by Gasteiger charge is -2.06. The molecule has 1 aromatic rings. The lowest BCUT2D eigenvalue weighted by atomic mass is 10.1. The molecule has 1 rings (SSSR count). The second-order valence-electron chi connectivity index (χ2n) is 3.69. The fourth-order valence-corrected chi connectivity index (χ4v) is 1.80. The molecule has 6 heteroatoms. The molecule has 0 aromatic heterocycles. The van der Waals surface area contributed by atoms with Crippen molar-refractivity contribution in [2.45, 2.75) is 12.8 Å². The summed E-state index contributed by atoms with van der Waals surface area (Å²) >= 11 is 3.23. The van der Waals surface area contributed by atoms with Crippen molar-refractivity contribution in [1.29, 1.82) is 0 Å². The fraction of sp³-hybridized carbons (Fsp3) is 0.333. The normalized spacial score (nSPS) is 9.89. The molecule has 0 radical (unpaired) electrons. The SMILES string of the molecule is O=CNCCCNC(=O)Cc1cc(Br)ccc1F. The Kier molecular flexibility index (Phi) is 6.35. The first-order valence-electron chi connectivity index (χ1n) is 5.51. The Morgan fingerprint density at radius 2 is 2.17 bits per heavy atom. The molecule has 0 unspecified atom stereocenters. The molecule has 0 atom stereocenters. The van der Waals surface area contributed by atoms with E-state index in [4.69, 9.17) is 0 Å². The van der Waals surface area contributed by atoms with E-state index in [9.17, 15) is 14.0 Å². The Balaban J connectivity index is 2.35. The smallest absolute Gasteiger partial charge is 0.224 e. The highest BCUT2D eigenvalue weighted by Crippen LogP contribution is 2.15. The van der Waals surface area contributed by atoms with Gasteiger partial charge in [0, 0.05) is 17.6 Å². The largest absolute Gasteiger partial charge is 0.359 e. The monoisotopic (exact) mass is 316 g/mol. The van der Waals surface area contributed by atoms with Gasteiger partial charge >= 0.3 is 0 Å². The van der Waals surface area contributed by atoms with Gasteiger partial charge in [0.25, 0.3) is 0 Å². The van der Waals surface area contributed by atoms with E-state index in [2.05, 4.69) is 26.6 Å². The van der Waals surface area contributed by atoms with Crippen molar-refractivity contribution in [3.63, 3.8) is 0 Å². The summed E-state index contributed by atoms with van der Waals surface area (Å²) in [5, 5.41) is 5.15. The maximum Gasteiger partial charge on any atom is 0.224 e. The quantitative estimate of drug-likeness (QED) is 0.590. The van der Waals surface area contributed by atoms with Gasteiger partial charge in [0.2, 0.25) is 12.3 Å². The number of hydrogen-bond acceptors (Lipinski definition) is 2. The van der Waals surface area contributed by atoms with Gasteiger partial charge in [0.05, 0.1) is 6.42 Å². The average Bonchev–Trinajstić information content (AvgIpc) is 2.33. The number of rotatable bonds is 7. The topological polar surface area (TPSA) is 58.2 Å². The lowest BCUT2D eigenvalue weighted by molar-refractivity contribution is -0.120. The summed E-state index contributed by atoms with van der Waals surface area (Å²) in [6.45, 7) is 0.963. The van der Waals surface area contributed by atoms with Gasteiger partial charge in [-0.25, -0.2) is 4.39 Å². The molecule has 2 amide bonds. The highest BCUT2D eigenvalue weighted by Gasteiger charge is 2.08. The standard InChI is InChI=1S/C12H14BrFN2O2/c13-10-2-3-11(14)9(6-10)7-12(18)16-5-1-4-15-8-17/h2-3,6,8H,1,4-5,7H2,(H,15,17)(H,16,18). The Morgan fingerprint density at radius 3 is 2.89 bits per heavy atom. The van der Waals surface area contributed by atoms with Crippen molar-refractivity contribution in [3.05, 3.63) is 34.1 Å². The molecular weight excluding hydrogens is 303 g/mol. The van der Waals surface area contributed by atoms with Crippen molar-refractivity contribution in [2.24, 2.45) is 0 Å². The summed E-state index contributed by atoms with van der Waals surface area (Å²) < 4.78 is 14.1. The molecule has 0 heterocycles. The Bertz CT molecular complexity index is 427. The highest BCUT2D eigenvalue weighted by atomic mass is 79.9. The van der Waals surface area contributed by atoms with Crippen LogP contribution in [0, 0.1) is 5.82 Å². The van der Waals surface area contributed by atoms with Gasteiger partial charge in [0.1, 0.15) is 5.82 Å². The molecule has 0 bridgehead atoms. The molecule has 98 valence electrons. The number of carbonyl (C=O) groups is 2. The van der Waals surface area contributed by atoms with Crippen LogP contribution in [0.2, 0.25) is 0 Å². The van der Waals surface area contributed by atoms with Crippen molar-refractivity contribution >= 4 is 28.2 Å². The minimum absolute atomic E-state index is 0.00633. The zero-order valence-electron chi connectivity index (χ0n) is 9.71. The summed E-state index contributed by atoms with van der Waals surface area (Å²) in [6.07, 6.45) is 1.26. The Labute approximate surface area is 113 Å².